The number of rotatable bonds is 1. The lowest BCUT2D eigenvalue weighted by Gasteiger charge is -2.45. The number of hydrogen-bond acceptors (Lipinski definition) is 3. The molecule has 0 unspecified atom stereocenters. The molecule has 3 nitrogen and oxygen atoms in total. The molecule has 18 heavy (non-hydrogen) atoms. The van der Waals surface area contributed by atoms with Crippen LogP contribution in [0.5, 0.6) is 5.75 Å². The van der Waals surface area contributed by atoms with E-state index in [9.17, 15) is 5.11 Å². The van der Waals surface area contributed by atoms with E-state index < -0.39 is 11.7 Å². The smallest absolute Gasteiger partial charge is 0.131 e. The second-order valence-corrected chi connectivity index (χ2v) is 5.88. The van der Waals surface area contributed by atoms with Gasteiger partial charge in [0.05, 0.1) is 6.04 Å². The van der Waals surface area contributed by atoms with E-state index in [0.717, 1.165) is 24.4 Å². The molecule has 98 valence electrons. The Morgan fingerprint density at radius 3 is 2.61 bits per heavy atom. The van der Waals surface area contributed by atoms with Gasteiger partial charge in [0.1, 0.15) is 17.5 Å². The van der Waals surface area contributed by atoms with Crippen LogP contribution in [-0.2, 0) is 0 Å². The summed E-state index contributed by atoms with van der Waals surface area (Å²) in [6.45, 7) is 6.09. The lowest BCUT2D eigenvalue weighted by atomic mass is 9.86. The van der Waals surface area contributed by atoms with Gasteiger partial charge in [-0.25, -0.2) is 0 Å². The summed E-state index contributed by atoms with van der Waals surface area (Å²) in [5.41, 5.74) is 0.605. The Labute approximate surface area is 108 Å². The molecule has 3 rings (SSSR count). The zero-order valence-corrected chi connectivity index (χ0v) is 11.1. The molecule has 1 aromatic rings. The maximum atomic E-state index is 10.6. The number of para-hydroxylation sites is 1. The van der Waals surface area contributed by atoms with E-state index in [1.165, 1.54) is 12.8 Å². The van der Waals surface area contributed by atoms with Gasteiger partial charge in [0, 0.05) is 5.56 Å². The number of hydrogen-bond donors (Lipinski definition) is 1. The first kappa shape index (κ1) is 12.0. The second-order valence-electron chi connectivity index (χ2n) is 5.88. The predicted molar refractivity (Wildman–Crippen MR) is 70.7 cm³/mol. The molecular formula is C15H21NO2. The topological polar surface area (TPSA) is 32.7 Å². The van der Waals surface area contributed by atoms with Crippen LogP contribution in [-0.4, -0.2) is 34.8 Å². The van der Waals surface area contributed by atoms with Gasteiger partial charge in [0.2, 0.25) is 0 Å². The number of nitrogens with zero attached hydrogens (tertiary/aromatic N) is 1. The van der Waals surface area contributed by atoms with Gasteiger partial charge in [-0.3, -0.25) is 4.90 Å². The number of fused-ring (bicyclic) bond motifs is 1. The number of aliphatic hydroxyl groups is 1. The lowest BCUT2D eigenvalue weighted by molar-refractivity contribution is -0.0895. The zero-order valence-electron chi connectivity index (χ0n) is 11.1. The van der Waals surface area contributed by atoms with E-state index in [-0.39, 0.29) is 6.04 Å². The largest absolute Gasteiger partial charge is 0.485 e. The fraction of sp³-hybridized carbons (Fsp3) is 0.600. The van der Waals surface area contributed by atoms with Crippen molar-refractivity contribution in [1.29, 1.82) is 0 Å². The minimum Gasteiger partial charge on any atom is -0.485 e. The van der Waals surface area contributed by atoms with Crippen molar-refractivity contribution in [3.05, 3.63) is 29.8 Å². The summed E-state index contributed by atoms with van der Waals surface area (Å²) >= 11 is 0. The number of ether oxygens (including phenoxy) is 1. The van der Waals surface area contributed by atoms with Crippen molar-refractivity contribution < 1.29 is 9.84 Å². The van der Waals surface area contributed by atoms with Gasteiger partial charge < -0.3 is 9.84 Å². The summed E-state index contributed by atoms with van der Waals surface area (Å²) in [4.78, 5) is 2.40. The summed E-state index contributed by atoms with van der Waals surface area (Å²) < 4.78 is 5.94. The van der Waals surface area contributed by atoms with Crippen molar-refractivity contribution >= 4 is 0 Å². The molecule has 0 saturated carbocycles. The van der Waals surface area contributed by atoms with E-state index in [1.807, 2.05) is 32.0 Å². The molecule has 1 aromatic carbocycles. The monoisotopic (exact) mass is 247 g/mol. The third-order valence-electron chi connectivity index (χ3n) is 4.16. The Morgan fingerprint density at radius 2 is 1.89 bits per heavy atom. The molecule has 0 bridgehead atoms. The van der Waals surface area contributed by atoms with Crippen LogP contribution in [0.2, 0.25) is 0 Å². The fourth-order valence-electron chi connectivity index (χ4n) is 3.13. The van der Waals surface area contributed by atoms with Gasteiger partial charge in [-0.15, -0.1) is 0 Å². The molecule has 0 aliphatic carbocycles. The highest BCUT2D eigenvalue weighted by Crippen LogP contribution is 2.43. The van der Waals surface area contributed by atoms with Crippen molar-refractivity contribution in [3.63, 3.8) is 0 Å². The molecule has 0 amide bonds. The first-order chi connectivity index (χ1) is 8.59. The Hall–Kier alpha value is -1.06. The molecule has 0 aromatic heterocycles. The third kappa shape index (κ3) is 1.82. The minimum atomic E-state index is -0.526. The van der Waals surface area contributed by atoms with Crippen molar-refractivity contribution in [3.8, 4) is 5.75 Å². The van der Waals surface area contributed by atoms with Crippen LogP contribution >= 0.6 is 0 Å². The SMILES string of the molecule is CC1(C)Oc2ccccc2[C@H](N2CCCC2)[C@H]1O. The van der Waals surface area contributed by atoms with Crippen LogP contribution in [0, 0.1) is 0 Å². The van der Waals surface area contributed by atoms with Crippen LogP contribution in [0.1, 0.15) is 38.3 Å². The van der Waals surface area contributed by atoms with Gasteiger partial charge in [-0.1, -0.05) is 18.2 Å². The Kier molecular flexibility index (Phi) is 2.83. The molecule has 0 radical (unpaired) electrons. The summed E-state index contributed by atoms with van der Waals surface area (Å²) in [6, 6.07) is 8.18. The van der Waals surface area contributed by atoms with E-state index in [1.54, 1.807) is 0 Å². The Balaban J connectivity index is 2.04. The van der Waals surface area contributed by atoms with E-state index in [2.05, 4.69) is 11.0 Å². The lowest BCUT2D eigenvalue weighted by Crippen LogP contribution is -2.53. The maximum Gasteiger partial charge on any atom is 0.131 e. The molecule has 2 aliphatic rings. The molecule has 2 atom stereocenters. The average Bonchev–Trinajstić information content (AvgIpc) is 2.84. The quantitative estimate of drug-likeness (QED) is 0.827. The highest BCUT2D eigenvalue weighted by atomic mass is 16.5. The number of benzene rings is 1. The fourth-order valence-corrected chi connectivity index (χ4v) is 3.13. The van der Waals surface area contributed by atoms with Gasteiger partial charge in [0.25, 0.3) is 0 Å². The van der Waals surface area contributed by atoms with E-state index in [4.69, 9.17) is 4.74 Å². The molecule has 0 spiro atoms. The van der Waals surface area contributed by atoms with Crippen LogP contribution in [0.15, 0.2) is 24.3 Å². The summed E-state index contributed by atoms with van der Waals surface area (Å²) in [7, 11) is 0. The normalized spacial score (nSPS) is 30.8. The third-order valence-corrected chi connectivity index (χ3v) is 4.16. The van der Waals surface area contributed by atoms with Gasteiger partial charge in [-0.2, -0.15) is 0 Å². The number of aliphatic hydroxyl groups excluding tert-OH is 1. The molecule has 2 aliphatic heterocycles. The van der Waals surface area contributed by atoms with Gasteiger partial charge in [-0.05, 0) is 45.8 Å². The van der Waals surface area contributed by atoms with Crippen molar-refractivity contribution in [1.82, 2.24) is 4.90 Å². The second kappa shape index (κ2) is 4.25. The van der Waals surface area contributed by atoms with E-state index >= 15 is 0 Å². The first-order valence-electron chi connectivity index (χ1n) is 6.80. The summed E-state index contributed by atoms with van der Waals surface area (Å²) in [5, 5.41) is 10.6. The molecule has 1 saturated heterocycles. The maximum absolute atomic E-state index is 10.6. The highest BCUT2D eigenvalue weighted by molar-refractivity contribution is 5.40. The summed E-state index contributed by atoms with van der Waals surface area (Å²) in [5.74, 6) is 0.921. The van der Waals surface area contributed by atoms with Crippen molar-refractivity contribution in [2.75, 3.05) is 13.1 Å². The van der Waals surface area contributed by atoms with Crippen LogP contribution < -0.4 is 4.74 Å². The van der Waals surface area contributed by atoms with Crippen LogP contribution in [0.25, 0.3) is 0 Å². The molecule has 1 fully saturated rings. The Morgan fingerprint density at radius 1 is 1.22 bits per heavy atom. The first-order valence-corrected chi connectivity index (χ1v) is 6.80. The molecule has 1 N–H and O–H groups in total. The minimum absolute atomic E-state index is 0.0763. The van der Waals surface area contributed by atoms with Crippen molar-refractivity contribution in [2.24, 2.45) is 0 Å². The predicted octanol–water partition coefficient (Wildman–Crippen LogP) is 2.36. The average molecular weight is 247 g/mol. The van der Waals surface area contributed by atoms with Crippen LogP contribution in [0.3, 0.4) is 0 Å². The van der Waals surface area contributed by atoms with Gasteiger partial charge >= 0.3 is 0 Å². The molecular weight excluding hydrogens is 226 g/mol. The highest BCUT2D eigenvalue weighted by Gasteiger charge is 2.45. The van der Waals surface area contributed by atoms with E-state index in [0.29, 0.717) is 0 Å². The standard InChI is InChI=1S/C15H21NO2/c1-15(2)14(17)13(16-9-5-6-10-16)11-7-3-4-8-12(11)18-15/h3-4,7-8,13-14,17H,5-6,9-10H2,1-2H3/t13-,14+/m0/s1. The Bertz CT molecular complexity index is 438. The molecule has 3 heteroatoms. The zero-order chi connectivity index (χ0) is 12.8. The summed E-state index contributed by atoms with van der Waals surface area (Å²) in [6.07, 6.45) is 1.98. The van der Waals surface area contributed by atoms with Gasteiger partial charge in [0.15, 0.2) is 0 Å². The van der Waals surface area contributed by atoms with Crippen LogP contribution in [0.4, 0.5) is 0 Å². The van der Waals surface area contributed by atoms with Crippen molar-refractivity contribution in [2.45, 2.75) is 44.4 Å². The number of likely N-dealkylation sites (tertiary alicyclic amines) is 1. The molecule has 2 heterocycles.